The van der Waals surface area contributed by atoms with Crippen molar-refractivity contribution in [2.24, 2.45) is 5.73 Å². The van der Waals surface area contributed by atoms with Gasteiger partial charge < -0.3 is 10.6 Å². The summed E-state index contributed by atoms with van der Waals surface area (Å²) in [5.41, 5.74) is 6.62. The van der Waals surface area contributed by atoms with Crippen LogP contribution >= 0.6 is 0 Å². The van der Waals surface area contributed by atoms with E-state index in [1.807, 2.05) is 48.5 Å². The molecule has 0 bridgehead atoms. The van der Waals surface area contributed by atoms with Crippen molar-refractivity contribution < 1.29 is 22.9 Å². The summed E-state index contributed by atoms with van der Waals surface area (Å²) in [6, 6.07) is 16.6. The van der Waals surface area contributed by atoms with Crippen LogP contribution in [0.15, 0.2) is 60.7 Å². The molecule has 154 valence electrons. The first-order valence-corrected chi connectivity index (χ1v) is 11.0. The highest BCUT2D eigenvalue weighted by atomic mass is 32.2. The van der Waals surface area contributed by atoms with Gasteiger partial charge in [-0.2, -0.15) is 4.31 Å². The number of imide groups is 1. The molecule has 1 aliphatic rings. The zero-order valence-corrected chi connectivity index (χ0v) is 16.8. The van der Waals surface area contributed by atoms with Gasteiger partial charge in [-0.25, -0.2) is 13.2 Å². The fraction of sp³-hybridized carbons (Fsp3) is 0.300. The largest absolute Gasteiger partial charge is 0.351 e. The van der Waals surface area contributed by atoms with Gasteiger partial charge in [0, 0.05) is 5.56 Å². The minimum Gasteiger partial charge on any atom is -0.351 e. The Morgan fingerprint density at radius 3 is 2.10 bits per heavy atom. The molecule has 8 nitrogen and oxygen atoms in total. The summed E-state index contributed by atoms with van der Waals surface area (Å²) in [6.07, 6.45) is 0. The lowest BCUT2D eigenvalue weighted by Gasteiger charge is -2.35. The van der Waals surface area contributed by atoms with Crippen molar-refractivity contribution in [3.63, 3.8) is 0 Å². The highest BCUT2D eigenvalue weighted by Gasteiger charge is 2.37. The summed E-state index contributed by atoms with van der Waals surface area (Å²) in [5, 5.41) is 2.16. The molecule has 1 aliphatic heterocycles. The van der Waals surface area contributed by atoms with Crippen LogP contribution in [0.25, 0.3) is 0 Å². The SMILES string of the molecule is NC(=O)NC(=O)[C@H](c1ccccc1)[NH+]1CCN(S(=O)(=O)Cc2ccccc2)CC1. The van der Waals surface area contributed by atoms with Crippen LogP contribution in [-0.4, -0.2) is 50.8 Å². The zero-order chi connectivity index (χ0) is 20.9. The maximum absolute atomic E-state index is 12.8. The second kappa shape index (κ2) is 9.17. The molecule has 9 heteroatoms. The van der Waals surface area contributed by atoms with E-state index in [2.05, 4.69) is 5.32 Å². The molecule has 4 N–H and O–H groups in total. The molecule has 1 saturated heterocycles. The maximum Gasteiger partial charge on any atom is 0.319 e. The Bertz CT molecular complexity index is 943. The highest BCUT2D eigenvalue weighted by molar-refractivity contribution is 7.88. The highest BCUT2D eigenvalue weighted by Crippen LogP contribution is 2.13. The summed E-state index contributed by atoms with van der Waals surface area (Å²) in [5.74, 6) is -0.535. The zero-order valence-electron chi connectivity index (χ0n) is 16.0. The number of carbonyl (C=O) groups is 2. The maximum atomic E-state index is 12.8. The number of urea groups is 1. The topological polar surface area (TPSA) is 114 Å². The molecule has 1 heterocycles. The van der Waals surface area contributed by atoms with Gasteiger partial charge in [0.15, 0.2) is 6.04 Å². The molecule has 0 saturated carbocycles. The van der Waals surface area contributed by atoms with E-state index in [1.165, 1.54) is 4.31 Å². The summed E-state index contributed by atoms with van der Waals surface area (Å²) in [6.45, 7) is 1.49. The monoisotopic (exact) mass is 417 g/mol. The van der Waals surface area contributed by atoms with Crippen molar-refractivity contribution >= 4 is 22.0 Å². The van der Waals surface area contributed by atoms with E-state index in [9.17, 15) is 18.0 Å². The summed E-state index contributed by atoms with van der Waals surface area (Å²) < 4.78 is 27.0. The Kier molecular flexibility index (Phi) is 6.63. The van der Waals surface area contributed by atoms with E-state index in [4.69, 9.17) is 5.73 Å². The standard InChI is InChI=1S/C20H24N4O4S/c21-20(26)22-19(25)18(17-9-5-2-6-10-17)23-11-13-24(14-12-23)29(27,28)15-16-7-3-1-4-8-16/h1-10,18H,11-15H2,(H3,21,22,25,26)/p+1/t18-/m0/s1. The molecule has 2 aromatic rings. The van der Waals surface area contributed by atoms with Crippen LogP contribution in [0.1, 0.15) is 17.2 Å². The fourth-order valence-electron chi connectivity index (χ4n) is 3.63. The Labute approximate surface area is 170 Å². The quantitative estimate of drug-likeness (QED) is 0.596. The second-order valence-corrected chi connectivity index (χ2v) is 8.97. The van der Waals surface area contributed by atoms with Gasteiger partial charge in [-0.15, -0.1) is 0 Å². The number of quaternary nitrogens is 1. The number of carbonyl (C=O) groups excluding carboxylic acids is 2. The molecule has 1 atom stereocenters. The summed E-state index contributed by atoms with van der Waals surface area (Å²) in [7, 11) is -3.44. The van der Waals surface area contributed by atoms with Gasteiger partial charge in [-0.3, -0.25) is 10.1 Å². The minimum atomic E-state index is -3.44. The van der Waals surface area contributed by atoms with Gasteiger partial charge in [0.1, 0.15) is 0 Å². The van der Waals surface area contributed by atoms with Crippen LogP contribution in [0.4, 0.5) is 4.79 Å². The molecule has 1 fully saturated rings. The summed E-state index contributed by atoms with van der Waals surface area (Å²) >= 11 is 0. The van der Waals surface area contributed by atoms with Gasteiger partial charge >= 0.3 is 6.03 Å². The number of nitrogens with zero attached hydrogens (tertiary/aromatic N) is 1. The van der Waals surface area contributed by atoms with Gasteiger partial charge in [-0.05, 0) is 5.56 Å². The lowest BCUT2D eigenvalue weighted by molar-refractivity contribution is -0.925. The van der Waals surface area contributed by atoms with Crippen molar-refractivity contribution in [1.29, 1.82) is 0 Å². The number of rotatable bonds is 6. The van der Waals surface area contributed by atoms with Gasteiger partial charge in [0.25, 0.3) is 5.91 Å². The number of nitrogens with two attached hydrogens (primary N) is 1. The number of hydrogen-bond donors (Lipinski definition) is 3. The lowest BCUT2D eigenvalue weighted by Crippen LogP contribution is -3.16. The molecule has 29 heavy (non-hydrogen) atoms. The molecule has 3 rings (SSSR count). The number of hydrogen-bond acceptors (Lipinski definition) is 4. The Hall–Kier alpha value is -2.75. The molecule has 0 radical (unpaired) electrons. The third-order valence-corrected chi connectivity index (χ3v) is 6.85. The molecule has 0 unspecified atom stereocenters. The molecule has 3 amide bonds. The van der Waals surface area contributed by atoms with Gasteiger partial charge in [-0.1, -0.05) is 60.7 Å². The van der Waals surface area contributed by atoms with E-state index >= 15 is 0 Å². The fourth-order valence-corrected chi connectivity index (χ4v) is 5.16. The van der Waals surface area contributed by atoms with Crippen LogP contribution < -0.4 is 16.0 Å². The average molecular weight is 418 g/mol. The number of amides is 3. The van der Waals surface area contributed by atoms with Crippen LogP contribution in [0.3, 0.4) is 0 Å². The number of benzene rings is 2. The molecule has 0 spiro atoms. The number of piperazine rings is 1. The Morgan fingerprint density at radius 2 is 1.55 bits per heavy atom. The predicted molar refractivity (Wildman–Crippen MR) is 108 cm³/mol. The second-order valence-electron chi connectivity index (χ2n) is 7.00. The van der Waals surface area contributed by atoms with E-state index in [1.54, 1.807) is 12.1 Å². The van der Waals surface area contributed by atoms with Crippen LogP contribution in [0.5, 0.6) is 0 Å². The van der Waals surface area contributed by atoms with Crippen molar-refractivity contribution in [1.82, 2.24) is 9.62 Å². The van der Waals surface area contributed by atoms with E-state index in [0.29, 0.717) is 26.2 Å². The van der Waals surface area contributed by atoms with Crippen molar-refractivity contribution in [2.45, 2.75) is 11.8 Å². The number of nitrogens with one attached hydrogen (secondary N) is 2. The van der Waals surface area contributed by atoms with E-state index < -0.39 is 28.0 Å². The van der Waals surface area contributed by atoms with Crippen molar-refractivity contribution in [3.8, 4) is 0 Å². The van der Waals surface area contributed by atoms with Crippen molar-refractivity contribution in [2.75, 3.05) is 26.2 Å². The molecular formula is C20H25N4O4S+. The first kappa shape index (κ1) is 21.0. The first-order valence-electron chi connectivity index (χ1n) is 9.38. The lowest BCUT2D eigenvalue weighted by atomic mass is 10.0. The molecular weight excluding hydrogens is 392 g/mol. The predicted octanol–water partition coefficient (Wildman–Crippen LogP) is -0.347. The van der Waals surface area contributed by atoms with Gasteiger partial charge in [0.2, 0.25) is 10.0 Å². The van der Waals surface area contributed by atoms with E-state index in [-0.39, 0.29) is 5.75 Å². The molecule has 0 aliphatic carbocycles. The van der Waals surface area contributed by atoms with Crippen LogP contribution in [0, 0.1) is 0 Å². The number of sulfonamides is 1. The molecule has 0 aromatic heterocycles. The Balaban J connectivity index is 1.71. The van der Waals surface area contributed by atoms with Crippen LogP contribution in [-0.2, 0) is 20.6 Å². The smallest absolute Gasteiger partial charge is 0.319 e. The third kappa shape index (κ3) is 5.41. The first-order chi connectivity index (χ1) is 13.9. The minimum absolute atomic E-state index is 0.0482. The van der Waals surface area contributed by atoms with Gasteiger partial charge in [0.05, 0.1) is 31.9 Å². The Morgan fingerprint density at radius 1 is 1.00 bits per heavy atom. The number of primary amides is 1. The third-order valence-electron chi connectivity index (χ3n) is 5.00. The average Bonchev–Trinajstić information content (AvgIpc) is 2.69. The van der Waals surface area contributed by atoms with Crippen molar-refractivity contribution in [3.05, 3.63) is 71.8 Å². The van der Waals surface area contributed by atoms with E-state index in [0.717, 1.165) is 16.0 Å². The molecule has 2 aromatic carbocycles. The van der Waals surface area contributed by atoms with Crippen LogP contribution in [0.2, 0.25) is 0 Å². The summed E-state index contributed by atoms with van der Waals surface area (Å²) in [4.78, 5) is 24.7. The normalized spacial score (nSPS) is 16.8.